The molecule has 1 fully saturated rings. The van der Waals surface area contributed by atoms with Gasteiger partial charge in [0.25, 0.3) is 0 Å². The average molecular weight is 326 g/mol. The Bertz CT molecular complexity index is 689. The Morgan fingerprint density at radius 3 is 2.67 bits per heavy atom. The summed E-state index contributed by atoms with van der Waals surface area (Å²) >= 11 is 0. The second-order valence-corrected chi connectivity index (χ2v) is 7.35. The molecule has 4 atom stereocenters. The summed E-state index contributed by atoms with van der Waals surface area (Å²) in [6.45, 7) is 0. The molecule has 0 aliphatic heterocycles. The van der Waals surface area contributed by atoms with Crippen molar-refractivity contribution in [3.63, 3.8) is 0 Å². The van der Waals surface area contributed by atoms with Crippen molar-refractivity contribution >= 4 is 0 Å². The van der Waals surface area contributed by atoms with Crippen LogP contribution in [-0.4, -0.2) is 19.3 Å². The van der Waals surface area contributed by atoms with Gasteiger partial charge in [-0.25, -0.2) is 0 Å². The second kappa shape index (κ2) is 6.19. The number of ether oxygens (including phenoxy) is 2. The first-order valence-electron chi connectivity index (χ1n) is 9.03. The lowest BCUT2D eigenvalue weighted by Crippen LogP contribution is -2.32. The van der Waals surface area contributed by atoms with Crippen LogP contribution in [0.1, 0.15) is 42.7 Å². The van der Waals surface area contributed by atoms with Gasteiger partial charge in [0.2, 0.25) is 0 Å². The van der Waals surface area contributed by atoms with Crippen molar-refractivity contribution in [3.05, 3.63) is 47.2 Å². The van der Waals surface area contributed by atoms with Crippen LogP contribution in [0, 0.1) is 17.8 Å². The van der Waals surface area contributed by atoms with Crippen LogP contribution in [0.5, 0.6) is 11.5 Å². The van der Waals surface area contributed by atoms with Gasteiger partial charge in [0.15, 0.2) is 0 Å². The van der Waals surface area contributed by atoms with E-state index in [0.29, 0.717) is 23.5 Å². The SMILES string of the molecule is COC1=CCC([C@@H]2Cc3c(O)cc(OC)cc3[C@@H]3CCC[C@@H]32)C=C1. The highest BCUT2D eigenvalue weighted by molar-refractivity contribution is 5.50. The minimum absolute atomic E-state index is 0.410. The van der Waals surface area contributed by atoms with Gasteiger partial charge in [-0.1, -0.05) is 12.5 Å². The van der Waals surface area contributed by atoms with Crippen molar-refractivity contribution in [3.8, 4) is 11.5 Å². The summed E-state index contributed by atoms with van der Waals surface area (Å²) < 4.78 is 10.7. The molecule has 0 spiro atoms. The number of methoxy groups -OCH3 is 2. The monoisotopic (exact) mass is 326 g/mol. The van der Waals surface area contributed by atoms with Gasteiger partial charge in [0.1, 0.15) is 17.3 Å². The highest BCUT2D eigenvalue weighted by atomic mass is 16.5. The van der Waals surface area contributed by atoms with Crippen molar-refractivity contribution in [2.45, 2.75) is 38.0 Å². The average Bonchev–Trinajstić information content (AvgIpc) is 3.11. The predicted molar refractivity (Wildman–Crippen MR) is 94.3 cm³/mol. The van der Waals surface area contributed by atoms with Gasteiger partial charge < -0.3 is 14.6 Å². The Labute approximate surface area is 144 Å². The van der Waals surface area contributed by atoms with Crippen LogP contribution in [0.2, 0.25) is 0 Å². The van der Waals surface area contributed by atoms with E-state index in [1.807, 2.05) is 0 Å². The standard InChI is InChI=1S/C21H26O3/c1-23-14-8-6-13(7-9-14)18-12-20-19(17-5-3-4-16(17)18)10-15(24-2)11-21(20)22/h6,8-11,13,16-18,22H,3-5,7,12H2,1-2H3/t13?,16-,17+,18-/m0/s1. The highest BCUT2D eigenvalue weighted by Gasteiger charge is 2.43. The maximum absolute atomic E-state index is 10.6. The first-order chi connectivity index (χ1) is 11.7. The third-order valence-corrected chi connectivity index (χ3v) is 6.31. The minimum atomic E-state index is 0.410. The maximum Gasteiger partial charge on any atom is 0.122 e. The van der Waals surface area contributed by atoms with Gasteiger partial charge in [-0.2, -0.15) is 0 Å². The zero-order valence-corrected chi connectivity index (χ0v) is 14.5. The normalized spacial score (nSPS) is 31.2. The summed E-state index contributed by atoms with van der Waals surface area (Å²) in [5.74, 6) is 4.60. The van der Waals surface area contributed by atoms with Crippen LogP contribution >= 0.6 is 0 Å². The fourth-order valence-electron chi connectivity index (χ4n) is 5.15. The summed E-state index contributed by atoms with van der Waals surface area (Å²) in [5, 5.41) is 10.6. The van der Waals surface area contributed by atoms with E-state index in [-0.39, 0.29) is 0 Å². The Hall–Kier alpha value is -1.90. The molecule has 3 nitrogen and oxygen atoms in total. The van der Waals surface area contributed by atoms with Crippen molar-refractivity contribution in [2.75, 3.05) is 14.2 Å². The fourth-order valence-corrected chi connectivity index (χ4v) is 5.15. The molecule has 1 saturated carbocycles. The largest absolute Gasteiger partial charge is 0.508 e. The summed E-state index contributed by atoms with van der Waals surface area (Å²) in [5.41, 5.74) is 2.48. The van der Waals surface area contributed by atoms with Crippen LogP contribution < -0.4 is 4.74 Å². The summed E-state index contributed by atoms with van der Waals surface area (Å²) in [6, 6.07) is 3.93. The van der Waals surface area contributed by atoms with Crippen LogP contribution in [0.4, 0.5) is 0 Å². The van der Waals surface area contributed by atoms with E-state index < -0.39 is 0 Å². The van der Waals surface area contributed by atoms with Crippen LogP contribution in [0.25, 0.3) is 0 Å². The molecule has 1 N–H and O–H groups in total. The molecule has 0 saturated heterocycles. The lowest BCUT2D eigenvalue weighted by atomic mass is 9.65. The van der Waals surface area contributed by atoms with Crippen molar-refractivity contribution in [1.29, 1.82) is 0 Å². The number of benzene rings is 1. The molecule has 1 aromatic rings. The Kier molecular flexibility index (Phi) is 4.03. The predicted octanol–water partition coefficient (Wildman–Crippen LogP) is 4.56. The van der Waals surface area contributed by atoms with Crippen LogP contribution in [-0.2, 0) is 11.2 Å². The van der Waals surface area contributed by atoms with Crippen molar-refractivity contribution in [2.24, 2.45) is 17.8 Å². The maximum atomic E-state index is 10.6. The molecule has 1 unspecified atom stereocenters. The van der Waals surface area contributed by atoms with Gasteiger partial charge >= 0.3 is 0 Å². The Morgan fingerprint density at radius 1 is 1.08 bits per heavy atom. The minimum Gasteiger partial charge on any atom is -0.508 e. The topological polar surface area (TPSA) is 38.7 Å². The van der Waals surface area contributed by atoms with Gasteiger partial charge in [-0.3, -0.25) is 0 Å². The number of hydrogen-bond acceptors (Lipinski definition) is 3. The van der Waals surface area contributed by atoms with E-state index in [0.717, 1.165) is 35.8 Å². The lowest BCUT2D eigenvalue weighted by Gasteiger charge is -2.40. The zero-order valence-electron chi connectivity index (χ0n) is 14.5. The highest BCUT2D eigenvalue weighted by Crippen LogP contribution is 2.54. The van der Waals surface area contributed by atoms with Crippen LogP contribution in [0.3, 0.4) is 0 Å². The first kappa shape index (κ1) is 15.6. The number of allylic oxidation sites excluding steroid dienone is 3. The molecule has 0 heterocycles. The molecule has 3 aliphatic rings. The third-order valence-electron chi connectivity index (χ3n) is 6.31. The quantitative estimate of drug-likeness (QED) is 0.885. The van der Waals surface area contributed by atoms with Gasteiger partial charge in [-0.05, 0) is 78.7 Å². The van der Waals surface area contributed by atoms with E-state index in [1.54, 1.807) is 20.3 Å². The van der Waals surface area contributed by atoms with Crippen LogP contribution in [0.15, 0.2) is 36.1 Å². The first-order valence-corrected chi connectivity index (χ1v) is 9.03. The molecular weight excluding hydrogens is 300 g/mol. The molecule has 1 aromatic carbocycles. The Balaban J connectivity index is 1.68. The summed E-state index contributed by atoms with van der Waals surface area (Å²) in [7, 11) is 3.40. The van der Waals surface area contributed by atoms with Gasteiger partial charge in [-0.15, -0.1) is 0 Å². The van der Waals surface area contributed by atoms with Crippen molar-refractivity contribution in [1.82, 2.24) is 0 Å². The van der Waals surface area contributed by atoms with Crippen molar-refractivity contribution < 1.29 is 14.6 Å². The zero-order chi connectivity index (χ0) is 16.7. The fraction of sp³-hybridized carbons (Fsp3) is 0.524. The van der Waals surface area contributed by atoms with E-state index in [9.17, 15) is 5.11 Å². The summed E-state index contributed by atoms with van der Waals surface area (Å²) in [4.78, 5) is 0. The molecule has 128 valence electrons. The molecule has 4 rings (SSSR count). The lowest BCUT2D eigenvalue weighted by molar-refractivity contribution is 0.217. The molecule has 0 aromatic heterocycles. The number of phenols is 1. The van der Waals surface area contributed by atoms with E-state index in [2.05, 4.69) is 24.3 Å². The third kappa shape index (κ3) is 2.51. The smallest absolute Gasteiger partial charge is 0.122 e. The van der Waals surface area contributed by atoms with E-state index >= 15 is 0 Å². The molecule has 0 bridgehead atoms. The van der Waals surface area contributed by atoms with E-state index in [4.69, 9.17) is 9.47 Å². The Morgan fingerprint density at radius 2 is 1.96 bits per heavy atom. The molecule has 3 aliphatic carbocycles. The second-order valence-electron chi connectivity index (χ2n) is 7.35. The molecule has 24 heavy (non-hydrogen) atoms. The molecule has 0 amide bonds. The number of rotatable bonds is 3. The number of aromatic hydroxyl groups is 1. The molecular formula is C21H26O3. The van der Waals surface area contributed by atoms with E-state index in [1.165, 1.54) is 24.8 Å². The number of phenolic OH excluding ortho intramolecular Hbond substituents is 1. The summed E-state index contributed by atoms with van der Waals surface area (Å²) in [6.07, 6.45) is 12.5. The molecule has 3 heteroatoms. The van der Waals surface area contributed by atoms with Gasteiger partial charge in [0, 0.05) is 6.07 Å². The number of fused-ring (bicyclic) bond motifs is 3. The molecule has 0 radical (unpaired) electrons. The van der Waals surface area contributed by atoms with Gasteiger partial charge in [0.05, 0.1) is 14.2 Å². The number of hydrogen-bond donors (Lipinski definition) is 1.